The molecule has 1 heterocycles. The first-order valence-corrected chi connectivity index (χ1v) is 12.8. The largest absolute Gasteiger partial charge is 0.393 e. The van der Waals surface area contributed by atoms with Gasteiger partial charge < -0.3 is 5.11 Å². The highest BCUT2D eigenvalue weighted by Gasteiger charge is 2.54. The molecule has 1 fully saturated rings. The quantitative estimate of drug-likeness (QED) is 0.501. The van der Waals surface area contributed by atoms with Crippen LogP contribution in [0.3, 0.4) is 0 Å². The lowest BCUT2D eigenvalue weighted by molar-refractivity contribution is -0.121. The number of amides is 1. The molecule has 4 rings (SSSR count). The van der Waals surface area contributed by atoms with Gasteiger partial charge in [0.15, 0.2) is 0 Å². The molecule has 0 bridgehead atoms. The molecule has 3 nitrogen and oxygen atoms in total. The van der Waals surface area contributed by atoms with E-state index in [0.29, 0.717) is 30.1 Å². The van der Waals surface area contributed by atoms with Crippen molar-refractivity contribution in [1.29, 1.82) is 0 Å². The Morgan fingerprint density at radius 3 is 2.61 bits per heavy atom. The van der Waals surface area contributed by atoms with E-state index in [9.17, 15) is 9.90 Å². The normalized spacial score (nSPS) is 38.9. The van der Waals surface area contributed by atoms with Crippen molar-refractivity contribution in [3.8, 4) is 0 Å². The van der Waals surface area contributed by atoms with Crippen molar-refractivity contribution in [2.24, 2.45) is 39.5 Å². The van der Waals surface area contributed by atoms with Crippen LogP contribution in [0, 0.1) is 34.5 Å². The van der Waals surface area contributed by atoms with Crippen molar-refractivity contribution in [3.05, 3.63) is 23.3 Å². The zero-order valence-electron chi connectivity index (χ0n) is 20.5. The van der Waals surface area contributed by atoms with E-state index in [4.69, 9.17) is 4.99 Å². The fraction of sp³-hybridized carbons (Fsp3) is 0.786. The summed E-state index contributed by atoms with van der Waals surface area (Å²) in [5.41, 5.74) is 5.69. The van der Waals surface area contributed by atoms with Crippen LogP contribution in [-0.4, -0.2) is 22.8 Å². The number of hydrogen-bond acceptors (Lipinski definition) is 2. The Morgan fingerprint density at radius 2 is 1.90 bits per heavy atom. The summed E-state index contributed by atoms with van der Waals surface area (Å²) in [7, 11) is 0. The number of aliphatic imine (C=N–C) groups is 1. The van der Waals surface area contributed by atoms with Crippen LogP contribution >= 0.6 is 0 Å². The van der Waals surface area contributed by atoms with E-state index < -0.39 is 0 Å². The molecule has 0 saturated heterocycles. The maximum Gasteiger partial charge on any atom is 0.246 e. The first-order chi connectivity index (χ1) is 14.6. The molecule has 1 amide bonds. The number of nitrogens with zero attached hydrogens (tertiary/aromatic N) is 1. The van der Waals surface area contributed by atoms with E-state index in [2.05, 4.69) is 41.2 Å². The van der Waals surface area contributed by atoms with Crippen molar-refractivity contribution in [2.75, 3.05) is 0 Å². The van der Waals surface area contributed by atoms with Crippen molar-refractivity contribution < 1.29 is 9.90 Å². The monoisotopic (exact) mass is 425 g/mol. The van der Waals surface area contributed by atoms with Gasteiger partial charge in [0.2, 0.25) is 5.91 Å². The van der Waals surface area contributed by atoms with E-state index in [1.165, 1.54) is 11.1 Å². The molecular weight excluding hydrogens is 382 g/mol. The summed E-state index contributed by atoms with van der Waals surface area (Å²) in [6.07, 6.45) is 9.99. The van der Waals surface area contributed by atoms with Crippen LogP contribution in [0.2, 0.25) is 0 Å². The van der Waals surface area contributed by atoms with E-state index in [1.807, 2.05) is 0 Å². The van der Waals surface area contributed by atoms with Gasteiger partial charge in [0.25, 0.3) is 0 Å². The Bertz CT molecular complexity index is 821. The summed E-state index contributed by atoms with van der Waals surface area (Å²) in [5.74, 6) is 2.07. The summed E-state index contributed by atoms with van der Waals surface area (Å²) in [6, 6.07) is 0. The second-order valence-electron chi connectivity index (χ2n) is 11.9. The molecule has 0 aromatic carbocycles. The lowest BCUT2D eigenvalue weighted by Crippen LogP contribution is -2.50. The number of aliphatic hydroxyl groups excluding tert-OH is 1. The minimum Gasteiger partial charge on any atom is -0.393 e. The summed E-state index contributed by atoms with van der Waals surface area (Å²) >= 11 is 0. The number of rotatable bonds is 5. The van der Waals surface area contributed by atoms with Crippen LogP contribution < -0.4 is 0 Å². The number of carbonyl (C=O) groups is 1. The van der Waals surface area contributed by atoms with Gasteiger partial charge in [-0.15, -0.1) is 0 Å². The molecule has 0 radical (unpaired) electrons. The van der Waals surface area contributed by atoms with Crippen molar-refractivity contribution in [3.63, 3.8) is 0 Å². The number of fused-ring (bicyclic) bond motifs is 4. The highest BCUT2D eigenvalue weighted by atomic mass is 16.3. The lowest BCUT2D eigenvalue weighted by Gasteiger charge is -2.55. The van der Waals surface area contributed by atoms with E-state index in [1.54, 1.807) is 5.57 Å². The molecule has 31 heavy (non-hydrogen) atoms. The first-order valence-electron chi connectivity index (χ1n) is 12.8. The number of allylic oxidation sites excluding steroid dienone is 3. The van der Waals surface area contributed by atoms with Crippen LogP contribution in [0.25, 0.3) is 0 Å². The predicted molar refractivity (Wildman–Crippen MR) is 128 cm³/mol. The Balaban J connectivity index is 1.63. The number of carbonyl (C=O) groups excluding carboxylic acids is 1. The van der Waals surface area contributed by atoms with Gasteiger partial charge in [0.1, 0.15) is 0 Å². The summed E-state index contributed by atoms with van der Waals surface area (Å²) < 4.78 is 0. The van der Waals surface area contributed by atoms with Crippen LogP contribution in [-0.2, 0) is 4.79 Å². The first kappa shape index (κ1) is 23.0. The van der Waals surface area contributed by atoms with Crippen LogP contribution in [0.5, 0.6) is 0 Å². The fourth-order valence-electron chi connectivity index (χ4n) is 7.44. The van der Waals surface area contributed by atoms with Gasteiger partial charge in [0.05, 0.1) is 11.8 Å². The highest BCUT2D eigenvalue weighted by molar-refractivity contribution is 6.12. The highest BCUT2D eigenvalue weighted by Crippen LogP contribution is 2.60. The molecular formula is C28H43NO2. The molecule has 172 valence electrons. The van der Waals surface area contributed by atoms with Gasteiger partial charge in [-0.1, -0.05) is 52.3 Å². The maximum atomic E-state index is 12.8. The van der Waals surface area contributed by atoms with Gasteiger partial charge in [-0.25, -0.2) is 4.99 Å². The Hall–Kier alpha value is -1.22. The third kappa shape index (κ3) is 3.90. The van der Waals surface area contributed by atoms with Gasteiger partial charge in [-0.3, -0.25) is 4.79 Å². The standard InChI is InChI=1S/C28H43NO2/c1-17(2)18(3)7-8-19(4)24-16-25(31)29-26-22-10-9-20-15-21(30)11-13-27(20,5)23(22)12-14-28(24,26)6/h17,19-21,24,30H,3,7-16H2,1-2,4-6H3. The van der Waals surface area contributed by atoms with Crippen LogP contribution in [0.4, 0.5) is 0 Å². The van der Waals surface area contributed by atoms with Gasteiger partial charge in [-0.2, -0.15) is 0 Å². The smallest absolute Gasteiger partial charge is 0.246 e. The lowest BCUT2D eigenvalue weighted by atomic mass is 9.50. The molecule has 4 aliphatic rings. The Kier molecular flexibility index (Phi) is 6.13. The second-order valence-corrected chi connectivity index (χ2v) is 11.9. The van der Waals surface area contributed by atoms with E-state index >= 15 is 0 Å². The maximum absolute atomic E-state index is 12.8. The SMILES string of the molecule is C=C(CCC(C)C1CC(=O)N=C2C3=C(CCC21C)C1(C)CCC(O)CC1CC3)C(C)C. The molecule has 3 aliphatic carbocycles. The fourth-order valence-corrected chi connectivity index (χ4v) is 7.44. The molecule has 1 saturated carbocycles. The van der Waals surface area contributed by atoms with Crippen molar-refractivity contribution in [2.45, 2.75) is 105 Å². The molecule has 1 aliphatic heterocycles. The average molecular weight is 426 g/mol. The summed E-state index contributed by atoms with van der Waals surface area (Å²) in [5, 5.41) is 10.3. The Morgan fingerprint density at radius 1 is 1.16 bits per heavy atom. The summed E-state index contributed by atoms with van der Waals surface area (Å²) in [4.78, 5) is 17.6. The second kappa shape index (κ2) is 8.28. The third-order valence-electron chi connectivity index (χ3n) is 9.85. The van der Waals surface area contributed by atoms with Gasteiger partial charge >= 0.3 is 0 Å². The van der Waals surface area contributed by atoms with Gasteiger partial charge in [0, 0.05) is 11.8 Å². The minimum atomic E-state index is -0.131. The topological polar surface area (TPSA) is 49.7 Å². The average Bonchev–Trinajstić information content (AvgIpc) is 2.72. The number of aliphatic hydroxyl groups is 1. The van der Waals surface area contributed by atoms with Gasteiger partial charge in [-0.05, 0) is 92.4 Å². The predicted octanol–water partition coefficient (Wildman–Crippen LogP) is 6.66. The van der Waals surface area contributed by atoms with Crippen molar-refractivity contribution >= 4 is 11.6 Å². The molecule has 0 aromatic heterocycles. The molecule has 1 N–H and O–H groups in total. The van der Waals surface area contributed by atoms with Crippen LogP contribution in [0.15, 0.2) is 28.3 Å². The molecule has 0 spiro atoms. The van der Waals surface area contributed by atoms with E-state index in [0.717, 1.165) is 63.5 Å². The van der Waals surface area contributed by atoms with E-state index in [-0.39, 0.29) is 22.8 Å². The molecule has 6 atom stereocenters. The Labute approximate surface area is 189 Å². The zero-order valence-corrected chi connectivity index (χ0v) is 20.5. The minimum absolute atomic E-state index is 0.0166. The molecule has 6 unspecified atom stereocenters. The molecule has 3 heteroatoms. The summed E-state index contributed by atoms with van der Waals surface area (Å²) in [6.45, 7) is 15.9. The number of hydrogen-bond donors (Lipinski definition) is 1. The zero-order chi connectivity index (χ0) is 22.6. The third-order valence-corrected chi connectivity index (χ3v) is 9.85. The van der Waals surface area contributed by atoms with Crippen LogP contribution in [0.1, 0.15) is 98.8 Å². The molecule has 0 aromatic rings. The van der Waals surface area contributed by atoms with Crippen molar-refractivity contribution in [1.82, 2.24) is 0 Å².